The summed E-state index contributed by atoms with van der Waals surface area (Å²) in [6.07, 6.45) is -2.68. The molecule has 1 N–H and O–H groups in total. The van der Waals surface area contributed by atoms with E-state index in [-0.39, 0.29) is 0 Å². The van der Waals surface area contributed by atoms with Gasteiger partial charge in [-0.15, -0.1) is 4.72 Å². The van der Waals surface area contributed by atoms with Gasteiger partial charge in [0, 0.05) is 11.4 Å². The standard InChI is InChI=1S/C18H28BF2NO3S/c1-16(2,3)26(23)22-14(15(20)21)12-8-10-13(11-9-12)19-24-17(4,5)18(6,7)25-19/h8-11,14-15,22H,1-7H3/t14-,26?/m0/s1. The first-order valence-corrected chi connectivity index (χ1v) is 9.81. The summed E-state index contributed by atoms with van der Waals surface area (Å²) in [5, 5.41) is 0. The summed E-state index contributed by atoms with van der Waals surface area (Å²) in [7, 11) is -0.546. The van der Waals surface area contributed by atoms with Gasteiger partial charge in [-0.3, -0.25) is 0 Å². The van der Waals surface area contributed by atoms with Crippen molar-refractivity contribution in [3.8, 4) is 0 Å². The van der Waals surface area contributed by atoms with Crippen LogP contribution in [0, 0.1) is 0 Å². The van der Waals surface area contributed by atoms with Crippen LogP contribution < -0.4 is 10.2 Å². The summed E-state index contributed by atoms with van der Waals surface area (Å²) in [6.45, 7) is 13.0. The molecular weight excluding hydrogens is 359 g/mol. The average molecular weight is 387 g/mol. The molecule has 1 aromatic carbocycles. The number of hydrogen-bond acceptors (Lipinski definition) is 4. The largest absolute Gasteiger partial charge is 0.598 e. The molecule has 1 aliphatic heterocycles. The molecule has 1 aliphatic rings. The summed E-state index contributed by atoms with van der Waals surface area (Å²) >= 11 is -1.60. The van der Waals surface area contributed by atoms with Gasteiger partial charge in [0.25, 0.3) is 6.43 Å². The molecule has 0 saturated carbocycles. The zero-order chi connectivity index (χ0) is 19.9. The van der Waals surface area contributed by atoms with E-state index in [1.807, 2.05) is 27.7 Å². The number of hydrogen-bond donors (Lipinski definition) is 1. The molecule has 26 heavy (non-hydrogen) atoms. The van der Waals surface area contributed by atoms with Crippen LogP contribution in [0.2, 0.25) is 0 Å². The lowest BCUT2D eigenvalue weighted by atomic mass is 9.78. The van der Waals surface area contributed by atoms with Crippen molar-refractivity contribution in [1.82, 2.24) is 4.72 Å². The molecule has 0 amide bonds. The van der Waals surface area contributed by atoms with E-state index in [4.69, 9.17) is 9.31 Å². The SMILES string of the molecule is CC(C)(C)[S+]([O-])N[C@@H](c1ccc(B2OC(C)(C)C(C)(C)O2)cc1)C(F)F. The Morgan fingerprint density at radius 2 is 1.50 bits per heavy atom. The fourth-order valence-corrected chi connectivity index (χ4v) is 3.22. The van der Waals surface area contributed by atoms with E-state index in [0.717, 1.165) is 5.46 Å². The second-order valence-corrected chi connectivity index (χ2v) is 10.6. The minimum atomic E-state index is -2.68. The molecule has 2 atom stereocenters. The van der Waals surface area contributed by atoms with E-state index in [1.54, 1.807) is 45.0 Å². The van der Waals surface area contributed by atoms with Crippen LogP contribution in [0.4, 0.5) is 8.78 Å². The van der Waals surface area contributed by atoms with Gasteiger partial charge >= 0.3 is 7.12 Å². The summed E-state index contributed by atoms with van der Waals surface area (Å²) in [6, 6.07) is 5.33. The zero-order valence-electron chi connectivity index (χ0n) is 16.4. The lowest BCUT2D eigenvalue weighted by Crippen LogP contribution is -2.43. The van der Waals surface area contributed by atoms with Gasteiger partial charge in [-0.05, 0) is 59.5 Å². The molecule has 0 aromatic heterocycles. The maximum absolute atomic E-state index is 13.5. The smallest absolute Gasteiger partial charge is 0.494 e. The molecule has 2 rings (SSSR count). The van der Waals surface area contributed by atoms with Gasteiger partial charge in [0.1, 0.15) is 10.8 Å². The van der Waals surface area contributed by atoms with E-state index >= 15 is 0 Å². The number of benzene rings is 1. The number of nitrogens with one attached hydrogen (secondary N) is 1. The van der Waals surface area contributed by atoms with Gasteiger partial charge in [0.2, 0.25) is 0 Å². The molecule has 146 valence electrons. The minimum Gasteiger partial charge on any atom is -0.598 e. The van der Waals surface area contributed by atoms with Crippen molar-refractivity contribution in [3.63, 3.8) is 0 Å². The van der Waals surface area contributed by atoms with E-state index in [9.17, 15) is 13.3 Å². The first kappa shape index (κ1) is 21.6. The van der Waals surface area contributed by atoms with E-state index in [1.165, 1.54) is 0 Å². The zero-order valence-corrected chi connectivity index (χ0v) is 17.2. The van der Waals surface area contributed by atoms with Crippen LogP contribution in [0.25, 0.3) is 0 Å². The minimum absolute atomic E-state index is 0.373. The van der Waals surface area contributed by atoms with E-state index < -0.39 is 46.9 Å². The highest BCUT2D eigenvalue weighted by molar-refractivity contribution is 7.90. The molecule has 1 aromatic rings. The highest BCUT2D eigenvalue weighted by atomic mass is 32.2. The summed E-state index contributed by atoms with van der Waals surface area (Å²) in [5.74, 6) is 0. The molecular formula is C18H28BF2NO3S. The van der Waals surface area contributed by atoms with Crippen LogP contribution in [0.3, 0.4) is 0 Å². The predicted octanol–water partition coefficient (Wildman–Crippen LogP) is 3.34. The Kier molecular flexibility index (Phi) is 6.15. The Bertz CT molecular complexity index is 604. The Labute approximate surface area is 158 Å². The van der Waals surface area contributed by atoms with Gasteiger partial charge in [-0.2, -0.15) is 0 Å². The summed E-state index contributed by atoms with van der Waals surface area (Å²) < 4.78 is 53.0. The van der Waals surface area contributed by atoms with E-state index in [2.05, 4.69) is 4.72 Å². The van der Waals surface area contributed by atoms with Gasteiger partial charge in [-0.1, -0.05) is 24.3 Å². The lowest BCUT2D eigenvalue weighted by Gasteiger charge is -2.32. The highest BCUT2D eigenvalue weighted by Crippen LogP contribution is 2.36. The lowest BCUT2D eigenvalue weighted by molar-refractivity contribution is 0.00578. The molecule has 1 heterocycles. The van der Waals surface area contributed by atoms with E-state index in [0.29, 0.717) is 5.56 Å². The third kappa shape index (κ3) is 4.59. The van der Waals surface area contributed by atoms with Crippen LogP contribution in [0.1, 0.15) is 60.1 Å². The molecule has 8 heteroatoms. The molecule has 0 spiro atoms. The van der Waals surface area contributed by atoms with Gasteiger partial charge in [0.15, 0.2) is 0 Å². The molecule has 1 saturated heterocycles. The Balaban J connectivity index is 2.17. The third-order valence-corrected chi connectivity index (χ3v) is 6.44. The van der Waals surface area contributed by atoms with Gasteiger partial charge in [0.05, 0.1) is 11.2 Å². The van der Waals surface area contributed by atoms with Crippen molar-refractivity contribution in [2.75, 3.05) is 0 Å². The van der Waals surface area contributed by atoms with Crippen LogP contribution in [0.5, 0.6) is 0 Å². The van der Waals surface area contributed by atoms with Gasteiger partial charge < -0.3 is 13.9 Å². The quantitative estimate of drug-likeness (QED) is 0.622. The fraction of sp³-hybridized carbons (Fsp3) is 0.667. The Hall–Kier alpha value is -0.665. The molecule has 4 nitrogen and oxygen atoms in total. The third-order valence-electron chi connectivity index (χ3n) is 4.86. The predicted molar refractivity (Wildman–Crippen MR) is 102 cm³/mol. The summed E-state index contributed by atoms with van der Waals surface area (Å²) in [4.78, 5) is 0. The molecule has 0 aliphatic carbocycles. The first-order valence-electron chi connectivity index (χ1n) is 8.66. The first-order chi connectivity index (χ1) is 11.7. The van der Waals surface area contributed by atoms with Crippen LogP contribution >= 0.6 is 0 Å². The monoisotopic (exact) mass is 387 g/mol. The highest BCUT2D eigenvalue weighted by Gasteiger charge is 2.51. The number of alkyl halides is 2. The van der Waals surface area contributed by atoms with Gasteiger partial charge in [-0.25, -0.2) is 8.78 Å². The maximum Gasteiger partial charge on any atom is 0.494 e. The molecule has 0 bridgehead atoms. The second-order valence-electron chi connectivity index (χ2n) is 8.57. The Morgan fingerprint density at radius 3 is 1.88 bits per heavy atom. The number of rotatable bonds is 5. The summed E-state index contributed by atoms with van der Waals surface area (Å²) in [5.41, 5.74) is 0.204. The van der Waals surface area contributed by atoms with Crippen molar-refractivity contribution >= 4 is 23.9 Å². The fourth-order valence-electron chi connectivity index (χ4n) is 2.40. The van der Waals surface area contributed by atoms with Crippen molar-refractivity contribution < 1.29 is 22.6 Å². The second kappa shape index (κ2) is 7.39. The number of halogens is 2. The molecule has 0 radical (unpaired) electrons. The van der Waals surface area contributed by atoms with Crippen molar-refractivity contribution in [3.05, 3.63) is 29.8 Å². The van der Waals surface area contributed by atoms with Crippen molar-refractivity contribution in [2.45, 2.75) is 76.9 Å². The van der Waals surface area contributed by atoms with Crippen LogP contribution in [0.15, 0.2) is 24.3 Å². The van der Waals surface area contributed by atoms with Crippen molar-refractivity contribution in [1.29, 1.82) is 0 Å². The molecule has 1 unspecified atom stereocenters. The normalized spacial score (nSPS) is 21.9. The Morgan fingerprint density at radius 1 is 1.04 bits per heavy atom. The van der Waals surface area contributed by atoms with Crippen molar-refractivity contribution in [2.24, 2.45) is 0 Å². The molecule has 1 fully saturated rings. The topological polar surface area (TPSA) is 53.5 Å². The van der Waals surface area contributed by atoms with Crippen LogP contribution in [-0.4, -0.2) is 34.0 Å². The average Bonchev–Trinajstić information content (AvgIpc) is 2.71. The van der Waals surface area contributed by atoms with Crippen LogP contribution in [-0.2, 0) is 20.7 Å². The maximum atomic E-state index is 13.5.